The third-order valence-electron chi connectivity index (χ3n) is 5.80. The Morgan fingerprint density at radius 3 is 2.81 bits per heavy atom. The molecule has 0 bridgehead atoms. The van der Waals surface area contributed by atoms with E-state index in [0.717, 1.165) is 22.7 Å². The van der Waals surface area contributed by atoms with Gasteiger partial charge in [-0.1, -0.05) is 18.3 Å². The molecule has 4 N–H and O–H groups in total. The molecule has 0 radical (unpaired) electrons. The lowest BCUT2D eigenvalue weighted by Crippen LogP contribution is -2.33. The smallest absolute Gasteiger partial charge is 0.254 e. The maximum Gasteiger partial charge on any atom is 0.254 e. The largest absolute Gasteiger partial charge is 0.491 e. The van der Waals surface area contributed by atoms with E-state index in [4.69, 9.17) is 10.5 Å². The molecule has 0 aliphatic carbocycles. The zero-order valence-corrected chi connectivity index (χ0v) is 21.5. The topological polar surface area (TPSA) is 135 Å². The number of fused-ring (bicyclic) bond motifs is 1. The standard InChI is InChI=1S/C24H26FN4O5PS/c1-3-16-17(5-7-19(22(16)25)35(2,32)33)23(31)29-8-9-34-18-6-4-14(10-15(18)13-29)20-12-27-24(36-20)28-21(30)11-26/h4-7,10,12H,3,8-9,11,13,26H2,1-2H3,(H,32,33)(H,27,28,30). The normalized spacial score (nSPS) is 14.9. The van der Waals surface area contributed by atoms with Crippen molar-refractivity contribution in [3.05, 3.63) is 59.0 Å². The Bertz CT molecular complexity index is 1370. The molecule has 1 aromatic heterocycles. The maximum absolute atomic E-state index is 15.1. The van der Waals surface area contributed by atoms with E-state index in [1.54, 1.807) is 18.0 Å². The minimum absolute atomic E-state index is 0.115. The molecule has 9 nitrogen and oxygen atoms in total. The Labute approximate surface area is 211 Å². The second kappa shape index (κ2) is 10.5. The average Bonchev–Trinajstić information content (AvgIpc) is 3.19. The Morgan fingerprint density at radius 1 is 1.33 bits per heavy atom. The molecule has 1 aliphatic heterocycles. The molecule has 4 rings (SSSR count). The van der Waals surface area contributed by atoms with Gasteiger partial charge in [0, 0.05) is 36.1 Å². The number of carbonyl (C=O) groups is 2. The molecule has 1 unspecified atom stereocenters. The van der Waals surface area contributed by atoms with Crippen molar-refractivity contribution in [2.75, 3.05) is 31.7 Å². The third-order valence-corrected chi connectivity index (χ3v) is 8.00. The summed E-state index contributed by atoms with van der Waals surface area (Å²) in [7, 11) is -3.83. The number of amides is 2. The summed E-state index contributed by atoms with van der Waals surface area (Å²) in [6.45, 7) is 3.41. The van der Waals surface area contributed by atoms with Gasteiger partial charge in [0.15, 0.2) is 5.13 Å². The van der Waals surface area contributed by atoms with E-state index in [1.807, 2.05) is 18.2 Å². The van der Waals surface area contributed by atoms with Crippen LogP contribution in [0.2, 0.25) is 0 Å². The number of anilines is 1. The molecule has 36 heavy (non-hydrogen) atoms. The predicted molar refractivity (Wildman–Crippen MR) is 137 cm³/mol. The van der Waals surface area contributed by atoms with Crippen molar-refractivity contribution in [3.8, 4) is 16.2 Å². The van der Waals surface area contributed by atoms with Crippen molar-refractivity contribution in [2.24, 2.45) is 5.73 Å². The number of nitrogens with zero attached hydrogens (tertiary/aromatic N) is 2. The van der Waals surface area contributed by atoms with Crippen LogP contribution in [0.15, 0.2) is 36.5 Å². The van der Waals surface area contributed by atoms with Crippen LogP contribution in [-0.2, 0) is 22.3 Å². The van der Waals surface area contributed by atoms with Crippen LogP contribution in [0.25, 0.3) is 10.4 Å². The van der Waals surface area contributed by atoms with Gasteiger partial charge in [0.05, 0.1) is 23.3 Å². The van der Waals surface area contributed by atoms with Gasteiger partial charge in [0.1, 0.15) is 18.2 Å². The van der Waals surface area contributed by atoms with Gasteiger partial charge in [-0.15, -0.1) is 0 Å². The van der Waals surface area contributed by atoms with Crippen molar-refractivity contribution >= 4 is 41.0 Å². The molecule has 2 heterocycles. The molecule has 0 saturated heterocycles. The molecule has 0 spiro atoms. The van der Waals surface area contributed by atoms with Gasteiger partial charge in [-0.2, -0.15) is 0 Å². The molecule has 12 heteroatoms. The number of rotatable bonds is 6. The fourth-order valence-corrected chi connectivity index (χ4v) is 5.68. The maximum atomic E-state index is 15.1. The molecule has 2 aromatic carbocycles. The number of nitrogens with one attached hydrogen (secondary N) is 1. The van der Waals surface area contributed by atoms with E-state index >= 15 is 4.39 Å². The summed E-state index contributed by atoms with van der Waals surface area (Å²) in [6, 6.07) is 8.23. The Morgan fingerprint density at radius 2 is 2.11 bits per heavy atom. The first kappa shape index (κ1) is 26.0. The highest BCUT2D eigenvalue weighted by atomic mass is 32.1. The molecule has 0 saturated carbocycles. The van der Waals surface area contributed by atoms with Crippen LogP contribution in [-0.4, -0.2) is 53.0 Å². The number of hydrogen-bond acceptors (Lipinski definition) is 7. The Hall–Kier alpha value is -3.11. The first-order valence-electron chi connectivity index (χ1n) is 11.3. The van der Waals surface area contributed by atoms with Crippen LogP contribution in [0.3, 0.4) is 0 Å². The van der Waals surface area contributed by atoms with Crippen LogP contribution in [0.5, 0.6) is 5.75 Å². The number of carbonyl (C=O) groups excluding carboxylic acids is 2. The van der Waals surface area contributed by atoms with Gasteiger partial charge in [-0.3, -0.25) is 14.2 Å². The van der Waals surface area contributed by atoms with Gasteiger partial charge < -0.3 is 25.6 Å². The van der Waals surface area contributed by atoms with Gasteiger partial charge in [-0.05, 0) is 42.3 Å². The summed E-state index contributed by atoms with van der Waals surface area (Å²) in [5.74, 6) is -0.891. The lowest BCUT2D eigenvalue weighted by atomic mass is 10.0. The highest BCUT2D eigenvalue weighted by Gasteiger charge is 2.28. The van der Waals surface area contributed by atoms with E-state index in [9.17, 15) is 19.0 Å². The van der Waals surface area contributed by atoms with Crippen LogP contribution < -0.4 is 21.1 Å². The number of halogens is 1. The highest BCUT2D eigenvalue weighted by molar-refractivity contribution is 7.65. The summed E-state index contributed by atoms with van der Waals surface area (Å²) in [5, 5.41) is 2.77. The third kappa shape index (κ3) is 5.34. The van der Waals surface area contributed by atoms with E-state index in [1.165, 1.54) is 23.5 Å². The fraction of sp³-hybridized carbons (Fsp3) is 0.292. The summed E-state index contributed by atoms with van der Waals surface area (Å²) >= 11 is 1.29. The molecule has 3 aromatic rings. The minimum Gasteiger partial charge on any atom is -0.491 e. The van der Waals surface area contributed by atoms with Gasteiger partial charge in [-0.25, -0.2) is 9.37 Å². The quantitative estimate of drug-likeness (QED) is 0.416. The zero-order chi connectivity index (χ0) is 26.0. The van der Waals surface area contributed by atoms with Crippen LogP contribution in [0.1, 0.15) is 28.4 Å². The Balaban J connectivity index is 1.62. The number of aromatic nitrogens is 1. The monoisotopic (exact) mass is 532 g/mol. The SMILES string of the molecule is CCc1c(C(=O)N2CCOc3ccc(-c4cnc(NC(=O)CN)s4)cc3C2)ccc(P(C)(=O)O)c1F. The molecule has 1 atom stereocenters. The zero-order valence-electron chi connectivity index (χ0n) is 19.8. The van der Waals surface area contributed by atoms with Crippen molar-refractivity contribution in [2.45, 2.75) is 19.9 Å². The highest BCUT2D eigenvalue weighted by Crippen LogP contribution is 2.37. The van der Waals surface area contributed by atoms with E-state index in [2.05, 4.69) is 10.3 Å². The number of ether oxygens (including phenoxy) is 1. The van der Waals surface area contributed by atoms with Crippen molar-refractivity contribution in [1.82, 2.24) is 9.88 Å². The average molecular weight is 533 g/mol. The van der Waals surface area contributed by atoms with E-state index in [0.29, 0.717) is 10.9 Å². The minimum atomic E-state index is -3.83. The first-order chi connectivity index (χ1) is 17.1. The van der Waals surface area contributed by atoms with E-state index < -0.39 is 13.2 Å². The molecule has 0 fully saturated rings. The van der Waals surface area contributed by atoms with Crippen LogP contribution >= 0.6 is 18.7 Å². The lowest BCUT2D eigenvalue weighted by molar-refractivity contribution is -0.114. The summed E-state index contributed by atoms with van der Waals surface area (Å²) in [5.41, 5.74) is 7.22. The number of benzene rings is 2. The Kier molecular flexibility index (Phi) is 7.56. The second-order valence-electron chi connectivity index (χ2n) is 8.34. The van der Waals surface area contributed by atoms with Crippen molar-refractivity contribution in [1.29, 1.82) is 0 Å². The predicted octanol–water partition coefficient (Wildman–Crippen LogP) is 2.97. The van der Waals surface area contributed by atoms with Crippen LogP contribution in [0.4, 0.5) is 9.52 Å². The number of thiazole rings is 1. The van der Waals surface area contributed by atoms with Gasteiger partial charge >= 0.3 is 0 Å². The van der Waals surface area contributed by atoms with E-state index in [-0.39, 0.29) is 60.9 Å². The van der Waals surface area contributed by atoms with Crippen molar-refractivity contribution < 1.29 is 28.2 Å². The molecule has 2 amide bonds. The van der Waals surface area contributed by atoms with Crippen molar-refractivity contribution in [3.63, 3.8) is 0 Å². The summed E-state index contributed by atoms with van der Waals surface area (Å²) < 4.78 is 33.0. The fourth-order valence-electron chi connectivity index (χ4n) is 4.00. The first-order valence-corrected chi connectivity index (χ1v) is 14.2. The molecule has 190 valence electrons. The summed E-state index contributed by atoms with van der Waals surface area (Å²) in [6.07, 6.45) is 1.84. The van der Waals surface area contributed by atoms with Crippen LogP contribution in [0, 0.1) is 5.82 Å². The van der Waals surface area contributed by atoms with Gasteiger partial charge in [0.25, 0.3) is 5.91 Å². The summed E-state index contributed by atoms with van der Waals surface area (Å²) in [4.78, 5) is 41.5. The second-order valence-corrected chi connectivity index (χ2v) is 11.6. The number of hydrogen-bond donors (Lipinski definition) is 3. The molecular weight excluding hydrogens is 506 g/mol. The lowest BCUT2D eigenvalue weighted by Gasteiger charge is -2.22. The molecular formula is C24H26FN4O5PS. The molecule has 1 aliphatic rings. The number of nitrogens with two attached hydrogens (primary N) is 1. The van der Waals surface area contributed by atoms with Gasteiger partial charge in [0.2, 0.25) is 13.3 Å².